The summed E-state index contributed by atoms with van der Waals surface area (Å²) in [5.41, 5.74) is 2.04. The second-order valence-corrected chi connectivity index (χ2v) is 6.98. The molecule has 0 atom stereocenters. The number of halogens is 1. The molecule has 5 heteroatoms. The van der Waals surface area contributed by atoms with Crippen molar-refractivity contribution in [3.63, 3.8) is 0 Å². The lowest BCUT2D eigenvalue weighted by Crippen LogP contribution is -2.17. The van der Waals surface area contributed by atoms with Crippen LogP contribution >= 0.6 is 27.3 Å². The van der Waals surface area contributed by atoms with Crippen LogP contribution in [0.1, 0.15) is 29.1 Å². The number of pyridine rings is 1. The quantitative estimate of drug-likeness (QED) is 0.851. The van der Waals surface area contributed by atoms with Gasteiger partial charge in [0.15, 0.2) is 0 Å². The van der Waals surface area contributed by atoms with Crippen LogP contribution in [0.4, 0.5) is 0 Å². The van der Waals surface area contributed by atoms with Crippen LogP contribution < -0.4 is 10.1 Å². The Balaban J connectivity index is 1.66. The van der Waals surface area contributed by atoms with E-state index in [2.05, 4.69) is 37.7 Å². The van der Waals surface area contributed by atoms with Gasteiger partial charge in [0.25, 0.3) is 0 Å². The number of thiophene rings is 1. The Morgan fingerprint density at radius 2 is 2.30 bits per heavy atom. The van der Waals surface area contributed by atoms with E-state index in [9.17, 15) is 0 Å². The zero-order valence-corrected chi connectivity index (χ0v) is 13.8. The van der Waals surface area contributed by atoms with Gasteiger partial charge in [-0.25, -0.2) is 0 Å². The van der Waals surface area contributed by atoms with E-state index in [1.165, 1.54) is 17.7 Å². The second kappa shape index (κ2) is 6.24. The van der Waals surface area contributed by atoms with Crippen LogP contribution in [-0.2, 0) is 13.2 Å². The molecule has 3 nitrogen and oxygen atoms in total. The summed E-state index contributed by atoms with van der Waals surface area (Å²) in [5, 5.41) is 5.57. The Morgan fingerprint density at radius 1 is 1.45 bits per heavy atom. The van der Waals surface area contributed by atoms with Crippen molar-refractivity contribution in [3.8, 4) is 5.75 Å². The Bertz CT molecular complexity index is 595. The molecule has 0 aromatic carbocycles. The summed E-state index contributed by atoms with van der Waals surface area (Å²) < 4.78 is 7.04. The molecule has 0 spiro atoms. The van der Waals surface area contributed by atoms with Gasteiger partial charge in [0, 0.05) is 33.0 Å². The smallest absolute Gasteiger partial charge is 0.142 e. The molecule has 0 bridgehead atoms. The molecule has 0 unspecified atom stereocenters. The standard InChI is InChI=1S/C15H17BrN2OS/c1-10-2-5-15(14(18-10)7-17-12-3-4-12)19-8-13-6-11(16)9-20-13/h2,5-6,9,12,17H,3-4,7-8H2,1H3. The fourth-order valence-corrected chi connectivity index (χ4v) is 3.32. The zero-order chi connectivity index (χ0) is 13.9. The number of aromatic nitrogens is 1. The Hall–Kier alpha value is -0.910. The van der Waals surface area contributed by atoms with Gasteiger partial charge in [-0.15, -0.1) is 11.3 Å². The predicted octanol–water partition coefficient (Wildman–Crippen LogP) is 4.05. The van der Waals surface area contributed by atoms with Gasteiger partial charge in [-0.2, -0.15) is 0 Å². The molecule has 2 aromatic rings. The van der Waals surface area contributed by atoms with Crippen molar-refractivity contribution < 1.29 is 4.74 Å². The molecule has 20 heavy (non-hydrogen) atoms. The maximum atomic E-state index is 5.93. The van der Waals surface area contributed by atoms with E-state index in [0.29, 0.717) is 12.6 Å². The number of hydrogen-bond acceptors (Lipinski definition) is 4. The first kappa shape index (κ1) is 14.0. The van der Waals surface area contributed by atoms with Crippen molar-refractivity contribution in [2.24, 2.45) is 0 Å². The first-order valence-electron chi connectivity index (χ1n) is 6.76. The molecule has 1 aliphatic carbocycles. The highest BCUT2D eigenvalue weighted by atomic mass is 79.9. The summed E-state index contributed by atoms with van der Waals surface area (Å²) in [6.45, 7) is 3.40. The topological polar surface area (TPSA) is 34.1 Å². The van der Waals surface area contributed by atoms with E-state index in [0.717, 1.165) is 28.2 Å². The van der Waals surface area contributed by atoms with Gasteiger partial charge in [0.1, 0.15) is 12.4 Å². The minimum Gasteiger partial charge on any atom is -0.486 e. The predicted molar refractivity (Wildman–Crippen MR) is 85.2 cm³/mol. The minimum atomic E-state index is 0.595. The van der Waals surface area contributed by atoms with Gasteiger partial charge < -0.3 is 10.1 Å². The molecule has 1 aliphatic rings. The fraction of sp³-hybridized carbons (Fsp3) is 0.400. The van der Waals surface area contributed by atoms with Gasteiger partial charge in [0.2, 0.25) is 0 Å². The highest BCUT2D eigenvalue weighted by Crippen LogP contribution is 2.24. The molecular weight excluding hydrogens is 336 g/mol. The molecule has 1 saturated carbocycles. The summed E-state index contributed by atoms with van der Waals surface area (Å²) in [6.07, 6.45) is 2.57. The first-order valence-corrected chi connectivity index (χ1v) is 8.43. The lowest BCUT2D eigenvalue weighted by atomic mass is 10.3. The van der Waals surface area contributed by atoms with Crippen LogP contribution in [0, 0.1) is 6.92 Å². The highest BCUT2D eigenvalue weighted by Gasteiger charge is 2.21. The molecule has 0 radical (unpaired) electrons. The lowest BCUT2D eigenvalue weighted by molar-refractivity contribution is 0.303. The van der Waals surface area contributed by atoms with E-state index in [-0.39, 0.29) is 0 Å². The maximum absolute atomic E-state index is 5.93. The van der Waals surface area contributed by atoms with Crippen molar-refractivity contribution >= 4 is 27.3 Å². The number of ether oxygens (including phenoxy) is 1. The van der Waals surface area contributed by atoms with Crippen molar-refractivity contribution in [1.29, 1.82) is 0 Å². The molecule has 0 amide bonds. The van der Waals surface area contributed by atoms with Crippen molar-refractivity contribution in [3.05, 3.63) is 44.3 Å². The number of nitrogens with one attached hydrogen (secondary N) is 1. The van der Waals surface area contributed by atoms with Gasteiger partial charge >= 0.3 is 0 Å². The molecule has 0 aliphatic heterocycles. The third kappa shape index (κ3) is 3.81. The van der Waals surface area contributed by atoms with Gasteiger partial charge in [-0.3, -0.25) is 4.98 Å². The zero-order valence-electron chi connectivity index (χ0n) is 11.4. The third-order valence-electron chi connectivity index (χ3n) is 3.20. The molecule has 1 N–H and O–H groups in total. The molecule has 2 heterocycles. The van der Waals surface area contributed by atoms with Gasteiger partial charge in [-0.1, -0.05) is 0 Å². The van der Waals surface area contributed by atoms with E-state index in [1.54, 1.807) is 11.3 Å². The van der Waals surface area contributed by atoms with Crippen LogP contribution in [0.15, 0.2) is 28.1 Å². The first-order chi connectivity index (χ1) is 9.70. The fourth-order valence-electron chi connectivity index (χ4n) is 1.96. The van der Waals surface area contributed by atoms with Crippen molar-refractivity contribution in [1.82, 2.24) is 10.3 Å². The van der Waals surface area contributed by atoms with E-state index in [1.807, 2.05) is 19.1 Å². The van der Waals surface area contributed by atoms with Gasteiger partial charge in [0.05, 0.1) is 5.69 Å². The number of hydrogen-bond donors (Lipinski definition) is 1. The van der Waals surface area contributed by atoms with Crippen molar-refractivity contribution in [2.75, 3.05) is 0 Å². The van der Waals surface area contributed by atoms with Crippen LogP contribution in [-0.4, -0.2) is 11.0 Å². The van der Waals surface area contributed by atoms with E-state index in [4.69, 9.17) is 4.74 Å². The number of aryl methyl sites for hydroxylation is 1. The third-order valence-corrected chi connectivity index (χ3v) is 4.87. The average molecular weight is 353 g/mol. The largest absolute Gasteiger partial charge is 0.486 e. The minimum absolute atomic E-state index is 0.595. The van der Waals surface area contributed by atoms with Crippen LogP contribution in [0.2, 0.25) is 0 Å². The number of nitrogens with zero attached hydrogens (tertiary/aromatic N) is 1. The summed E-state index contributed by atoms with van der Waals surface area (Å²) >= 11 is 5.16. The second-order valence-electron chi connectivity index (χ2n) is 5.07. The summed E-state index contributed by atoms with van der Waals surface area (Å²) in [5.74, 6) is 0.883. The van der Waals surface area contributed by atoms with Crippen LogP contribution in [0.3, 0.4) is 0 Å². The lowest BCUT2D eigenvalue weighted by Gasteiger charge is -2.11. The Kier molecular flexibility index (Phi) is 4.38. The monoisotopic (exact) mass is 352 g/mol. The molecule has 2 aromatic heterocycles. The van der Waals surface area contributed by atoms with Gasteiger partial charge in [-0.05, 0) is 53.9 Å². The highest BCUT2D eigenvalue weighted by molar-refractivity contribution is 9.10. The SMILES string of the molecule is Cc1ccc(OCc2cc(Br)cs2)c(CNC2CC2)n1. The van der Waals surface area contributed by atoms with Crippen LogP contribution in [0.5, 0.6) is 5.75 Å². The number of rotatable bonds is 6. The van der Waals surface area contributed by atoms with E-state index < -0.39 is 0 Å². The van der Waals surface area contributed by atoms with E-state index >= 15 is 0 Å². The molecule has 106 valence electrons. The summed E-state index contributed by atoms with van der Waals surface area (Å²) in [7, 11) is 0. The van der Waals surface area contributed by atoms with Crippen LogP contribution in [0.25, 0.3) is 0 Å². The average Bonchev–Trinajstić information content (AvgIpc) is 3.17. The summed E-state index contributed by atoms with van der Waals surface area (Å²) in [6, 6.07) is 6.79. The summed E-state index contributed by atoms with van der Waals surface area (Å²) in [4.78, 5) is 5.80. The molecular formula is C15H17BrN2OS. The Morgan fingerprint density at radius 3 is 3.00 bits per heavy atom. The molecule has 1 fully saturated rings. The molecule has 3 rings (SSSR count). The molecule has 0 saturated heterocycles. The van der Waals surface area contributed by atoms with Crippen molar-refractivity contribution in [2.45, 2.75) is 39.0 Å². The normalized spacial score (nSPS) is 14.5. The maximum Gasteiger partial charge on any atom is 0.142 e. The Labute approximate surface area is 131 Å².